The van der Waals surface area contributed by atoms with Crippen molar-refractivity contribution >= 4 is 22.8 Å². The average molecular weight is 408 g/mol. The molecule has 0 fully saturated rings. The lowest BCUT2D eigenvalue weighted by Gasteiger charge is -2.38. The molecule has 5 heteroatoms. The highest BCUT2D eigenvalue weighted by Crippen LogP contribution is 2.41. The van der Waals surface area contributed by atoms with E-state index in [0.29, 0.717) is 0 Å². The van der Waals surface area contributed by atoms with Gasteiger partial charge < -0.3 is 8.85 Å². The maximum Gasteiger partial charge on any atom is 0.250 e. The number of nitrogens with zero attached hydrogens (tertiary/aromatic N) is 1. The molecule has 0 aliphatic heterocycles. The summed E-state index contributed by atoms with van der Waals surface area (Å²) in [6.07, 6.45) is 2.99. The Balaban J connectivity index is 3.29. The first kappa shape index (κ1) is 24.0. The monoisotopic (exact) mass is 407 g/mol. The van der Waals surface area contributed by atoms with Gasteiger partial charge in [0.25, 0.3) is 8.32 Å². The Morgan fingerprint density at radius 1 is 0.889 bits per heavy atom. The summed E-state index contributed by atoms with van der Waals surface area (Å²) in [6, 6.07) is 6.23. The van der Waals surface area contributed by atoms with Crippen LogP contribution in [0.15, 0.2) is 23.2 Å². The third-order valence-electron chi connectivity index (χ3n) is 5.92. The van der Waals surface area contributed by atoms with Gasteiger partial charge in [0, 0.05) is 24.4 Å². The van der Waals surface area contributed by atoms with Crippen LogP contribution in [0.3, 0.4) is 0 Å². The van der Waals surface area contributed by atoms with Gasteiger partial charge in [-0.15, -0.1) is 0 Å². The molecule has 0 spiro atoms. The van der Waals surface area contributed by atoms with Crippen LogP contribution in [0.1, 0.15) is 60.5 Å². The minimum atomic E-state index is -1.95. The van der Waals surface area contributed by atoms with Crippen molar-refractivity contribution in [3.8, 4) is 11.5 Å². The average Bonchev–Trinajstić information content (AvgIpc) is 2.46. The van der Waals surface area contributed by atoms with E-state index in [-0.39, 0.29) is 10.1 Å². The Bertz CT molecular complexity index is 653. The molecular weight excluding hydrogens is 366 g/mol. The van der Waals surface area contributed by atoms with Crippen molar-refractivity contribution in [1.82, 2.24) is 0 Å². The highest BCUT2D eigenvalue weighted by molar-refractivity contribution is 6.75. The minimum absolute atomic E-state index is 0.140. The summed E-state index contributed by atoms with van der Waals surface area (Å²) in [4.78, 5) is 4.53. The van der Waals surface area contributed by atoms with Crippen LogP contribution in [0, 0.1) is 0 Å². The fraction of sp³-hybridized carbons (Fsp3) is 0.682. The van der Waals surface area contributed by atoms with Crippen LogP contribution < -0.4 is 8.85 Å². The second-order valence-electron chi connectivity index (χ2n) is 10.5. The van der Waals surface area contributed by atoms with Gasteiger partial charge in [-0.1, -0.05) is 48.5 Å². The van der Waals surface area contributed by atoms with Gasteiger partial charge >= 0.3 is 0 Å². The lowest BCUT2D eigenvalue weighted by molar-refractivity contribution is 0.474. The van der Waals surface area contributed by atoms with Crippen molar-refractivity contribution < 1.29 is 8.85 Å². The van der Waals surface area contributed by atoms with E-state index in [2.05, 4.69) is 97.8 Å². The molecule has 0 aliphatic rings. The molecule has 0 aliphatic carbocycles. The van der Waals surface area contributed by atoms with E-state index < -0.39 is 16.6 Å². The van der Waals surface area contributed by atoms with Gasteiger partial charge in [-0.2, -0.15) is 0 Å². The first-order chi connectivity index (χ1) is 12.1. The maximum absolute atomic E-state index is 6.65. The topological polar surface area (TPSA) is 30.8 Å². The summed E-state index contributed by atoms with van der Waals surface area (Å²) in [7, 11) is -3.84. The summed E-state index contributed by atoms with van der Waals surface area (Å²) in [6.45, 7) is 25.7. The van der Waals surface area contributed by atoms with Crippen molar-refractivity contribution in [1.29, 1.82) is 0 Å². The molecule has 0 atom stereocenters. The molecule has 0 saturated carbocycles. The molecule has 1 aromatic rings. The molecule has 154 valence electrons. The fourth-order valence-electron chi connectivity index (χ4n) is 1.94. The van der Waals surface area contributed by atoms with Crippen molar-refractivity contribution in [2.24, 2.45) is 4.99 Å². The Hall–Kier alpha value is -1.08. The van der Waals surface area contributed by atoms with E-state index in [1.165, 1.54) is 0 Å². The molecule has 0 aromatic heterocycles. The standard InChI is InChI=1S/C22H41NO2Si2/c1-12-15-23-17-18-13-14-19(24-26(8,9)21(2,3)4)16-20(18)25-27(10,11)22(5,6)7/h13-14,16-17H,12,15H2,1-11H3/b23-17+. The Labute approximate surface area is 169 Å². The SMILES string of the molecule is CCC/N=C/c1ccc(O[Si](C)(C)C(C)(C)C)cc1O[Si](C)(C)C(C)(C)C. The van der Waals surface area contributed by atoms with Crippen LogP contribution in [-0.2, 0) is 0 Å². The molecule has 0 unspecified atom stereocenters. The number of rotatable bonds is 7. The quantitative estimate of drug-likeness (QED) is 0.351. The van der Waals surface area contributed by atoms with Crippen LogP contribution in [0.4, 0.5) is 0 Å². The van der Waals surface area contributed by atoms with Gasteiger partial charge in [-0.25, -0.2) is 0 Å². The van der Waals surface area contributed by atoms with Gasteiger partial charge in [0.05, 0.1) is 0 Å². The highest BCUT2D eigenvalue weighted by atomic mass is 28.4. The highest BCUT2D eigenvalue weighted by Gasteiger charge is 2.40. The molecule has 0 radical (unpaired) electrons. The molecule has 0 bridgehead atoms. The van der Waals surface area contributed by atoms with Gasteiger partial charge in [0.2, 0.25) is 8.32 Å². The van der Waals surface area contributed by atoms with Crippen LogP contribution in [0.25, 0.3) is 0 Å². The largest absolute Gasteiger partial charge is 0.543 e. The smallest absolute Gasteiger partial charge is 0.250 e. The molecular formula is C22H41NO2Si2. The molecule has 0 N–H and O–H groups in total. The minimum Gasteiger partial charge on any atom is -0.543 e. The van der Waals surface area contributed by atoms with E-state index in [9.17, 15) is 0 Å². The second-order valence-corrected chi connectivity index (χ2v) is 19.9. The molecule has 1 aromatic carbocycles. The molecule has 1 rings (SSSR count). The third-order valence-corrected chi connectivity index (χ3v) is 14.6. The van der Waals surface area contributed by atoms with Crippen LogP contribution in [0.5, 0.6) is 11.5 Å². The number of benzene rings is 1. The Morgan fingerprint density at radius 2 is 1.41 bits per heavy atom. The predicted octanol–water partition coefficient (Wildman–Crippen LogP) is 7.28. The zero-order chi connectivity index (χ0) is 21.1. The van der Waals surface area contributed by atoms with Crippen molar-refractivity contribution in [2.75, 3.05) is 6.54 Å². The number of hydrogen-bond donors (Lipinski definition) is 0. The molecule has 0 amide bonds. The van der Waals surface area contributed by atoms with E-state index in [1.807, 2.05) is 6.21 Å². The third kappa shape index (κ3) is 6.49. The van der Waals surface area contributed by atoms with Crippen molar-refractivity contribution in [2.45, 2.75) is 91.2 Å². The van der Waals surface area contributed by atoms with Gasteiger partial charge in [0.1, 0.15) is 11.5 Å². The zero-order valence-corrected chi connectivity index (χ0v) is 21.5. The summed E-state index contributed by atoms with van der Waals surface area (Å²) in [5.74, 6) is 1.81. The molecule has 0 saturated heterocycles. The summed E-state index contributed by atoms with van der Waals surface area (Å²) < 4.78 is 13.2. The van der Waals surface area contributed by atoms with Gasteiger partial charge in [-0.05, 0) is 54.8 Å². The summed E-state index contributed by atoms with van der Waals surface area (Å²) in [5, 5.41) is 0.301. The number of aliphatic imine (C=N–C) groups is 1. The second kappa shape index (κ2) is 8.52. The van der Waals surface area contributed by atoms with Crippen molar-refractivity contribution in [3.05, 3.63) is 23.8 Å². The van der Waals surface area contributed by atoms with E-state index in [0.717, 1.165) is 30.0 Å². The lowest BCUT2D eigenvalue weighted by atomic mass is 10.2. The molecule has 0 heterocycles. The first-order valence-electron chi connectivity index (χ1n) is 10.1. The van der Waals surface area contributed by atoms with Crippen LogP contribution in [0.2, 0.25) is 36.3 Å². The number of hydrogen-bond acceptors (Lipinski definition) is 3. The van der Waals surface area contributed by atoms with Crippen LogP contribution in [-0.4, -0.2) is 29.4 Å². The predicted molar refractivity (Wildman–Crippen MR) is 125 cm³/mol. The molecule has 3 nitrogen and oxygen atoms in total. The lowest BCUT2D eigenvalue weighted by Crippen LogP contribution is -2.44. The fourth-order valence-corrected chi connectivity index (χ4v) is 4.00. The summed E-state index contributed by atoms with van der Waals surface area (Å²) >= 11 is 0. The van der Waals surface area contributed by atoms with Gasteiger partial charge in [-0.3, -0.25) is 4.99 Å². The first-order valence-corrected chi connectivity index (χ1v) is 15.9. The van der Waals surface area contributed by atoms with Crippen molar-refractivity contribution in [3.63, 3.8) is 0 Å². The van der Waals surface area contributed by atoms with E-state index in [4.69, 9.17) is 8.85 Å². The van der Waals surface area contributed by atoms with Gasteiger partial charge in [0.15, 0.2) is 0 Å². The normalized spacial score (nSPS) is 13.9. The Kier molecular flexibility index (Phi) is 7.56. The summed E-state index contributed by atoms with van der Waals surface area (Å²) in [5.41, 5.74) is 1.04. The zero-order valence-electron chi connectivity index (χ0n) is 19.5. The van der Waals surface area contributed by atoms with Crippen LogP contribution >= 0.6 is 0 Å². The molecule has 27 heavy (non-hydrogen) atoms. The Morgan fingerprint density at radius 3 is 1.89 bits per heavy atom. The maximum atomic E-state index is 6.65. The van der Waals surface area contributed by atoms with E-state index >= 15 is 0 Å². The van der Waals surface area contributed by atoms with E-state index in [1.54, 1.807) is 0 Å².